The maximum absolute atomic E-state index is 13.9. The molecule has 1 aromatic carbocycles. The number of carbonyl (C=O) groups is 5. The lowest BCUT2D eigenvalue weighted by molar-refractivity contribution is -0.149. The van der Waals surface area contributed by atoms with E-state index in [9.17, 15) is 29.1 Å². The lowest BCUT2D eigenvalue weighted by Gasteiger charge is -2.28. The molecule has 0 aliphatic carbocycles. The van der Waals surface area contributed by atoms with Gasteiger partial charge in [-0.15, -0.1) is 0 Å². The Morgan fingerprint density at radius 2 is 1.71 bits per heavy atom. The van der Waals surface area contributed by atoms with Crippen molar-refractivity contribution in [1.82, 2.24) is 20.4 Å². The van der Waals surface area contributed by atoms with Crippen LogP contribution in [-0.2, 0) is 35.1 Å². The summed E-state index contributed by atoms with van der Waals surface area (Å²) < 4.78 is 10.6. The van der Waals surface area contributed by atoms with Crippen molar-refractivity contribution >= 4 is 29.8 Å². The molecule has 232 valence electrons. The Morgan fingerprint density at radius 1 is 1.05 bits per heavy atom. The Bertz CT molecular complexity index is 1140. The van der Waals surface area contributed by atoms with Gasteiger partial charge in [0.15, 0.2) is 6.04 Å². The molecular weight excluding hydrogens is 544 g/mol. The van der Waals surface area contributed by atoms with Gasteiger partial charge >= 0.3 is 18.0 Å². The van der Waals surface area contributed by atoms with Crippen molar-refractivity contribution in [2.75, 3.05) is 13.2 Å². The van der Waals surface area contributed by atoms with Crippen LogP contribution in [0, 0.1) is 5.92 Å². The smallest absolute Gasteiger partial charge is 0.408 e. The van der Waals surface area contributed by atoms with Gasteiger partial charge in [0.2, 0.25) is 11.8 Å². The molecule has 12 nitrogen and oxygen atoms in total. The summed E-state index contributed by atoms with van der Waals surface area (Å²) >= 11 is 0. The number of carboxylic acid groups (broad SMARTS) is 1. The van der Waals surface area contributed by atoms with Gasteiger partial charge in [0.1, 0.15) is 23.9 Å². The normalized spacial score (nSPS) is 21.5. The minimum atomic E-state index is -1.07. The number of carbonyl (C=O) groups excluding carboxylic acids is 4. The average molecular weight is 589 g/mol. The fraction of sp³-hybridized carbons (Fsp3) is 0.633. The number of benzene rings is 1. The Hall–Kier alpha value is -3.67. The predicted octanol–water partition coefficient (Wildman–Crippen LogP) is 2.30. The molecule has 5 atom stereocenters. The van der Waals surface area contributed by atoms with Crippen LogP contribution in [-0.4, -0.2) is 93.8 Å². The third kappa shape index (κ3) is 8.67. The van der Waals surface area contributed by atoms with Crippen molar-refractivity contribution in [3.05, 3.63) is 35.9 Å². The maximum Gasteiger partial charge on any atom is 0.408 e. The number of hydrogen-bond donors (Lipinski definition) is 3. The van der Waals surface area contributed by atoms with Gasteiger partial charge in [-0.3, -0.25) is 14.9 Å². The maximum atomic E-state index is 13.9. The molecule has 2 saturated heterocycles. The Labute approximate surface area is 247 Å². The number of nitrogens with zero attached hydrogens (tertiary/aromatic N) is 2. The zero-order valence-corrected chi connectivity index (χ0v) is 25.3. The van der Waals surface area contributed by atoms with E-state index in [-0.39, 0.29) is 24.9 Å². The summed E-state index contributed by atoms with van der Waals surface area (Å²) in [5.74, 6) is -2.57. The van der Waals surface area contributed by atoms with Crippen LogP contribution in [0.1, 0.15) is 66.4 Å². The second-order valence-electron chi connectivity index (χ2n) is 12.2. The van der Waals surface area contributed by atoms with Gasteiger partial charge in [0.05, 0.1) is 12.6 Å². The first-order valence-corrected chi connectivity index (χ1v) is 14.5. The molecule has 0 spiro atoms. The molecule has 0 aromatic heterocycles. The van der Waals surface area contributed by atoms with Crippen LogP contribution < -0.4 is 10.6 Å². The van der Waals surface area contributed by atoms with E-state index in [4.69, 9.17) is 9.47 Å². The van der Waals surface area contributed by atoms with Gasteiger partial charge in [0, 0.05) is 13.0 Å². The summed E-state index contributed by atoms with van der Waals surface area (Å²) in [5, 5.41) is 15.4. The van der Waals surface area contributed by atoms with E-state index in [1.807, 2.05) is 44.2 Å². The lowest BCUT2D eigenvalue weighted by atomic mass is 10.0. The van der Waals surface area contributed by atoms with E-state index in [1.165, 1.54) is 9.80 Å². The van der Waals surface area contributed by atoms with Crippen LogP contribution in [0.15, 0.2) is 30.3 Å². The van der Waals surface area contributed by atoms with Gasteiger partial charge in [-0.1, -0.05) is 44.2 Å². The van der Waals surface area contributed by atoms with Crippen molar-refractivity contribution in [3.8, 4) is 0 Å². The standard InChI is InChI=1S/C30H44N4O8/c1-7-41-28(39)23-24(31-20(16-18(2)3)25(35)33-15-11-14-22(33)27(37)38)34(23)26(36)21(17-19-12-9-8-10-13-19)32-29(40)42-30(4,5)6/h8-10,12-13,18,20-24,31H,7,11,14-17H2,1-6H3,(H,32,40)(H,37,38)/t20-,21-,22-,23-,24-,34?/m0/s1. The molecule has 2 aliphatic rings. The number of likely N-dealkylation sites (tertiary alicyclic amines) is 1. The minimum Gasteiger partial charge on any atom is -0.480 e. The van der Waals surface area contributed by atoms with Crippen LogP contribution in [0.4, 0.5) is 4.79 Å². The molecule has 2 fully saturated rings. The first-order valence-electron chi connectivity index (χ1n) is 14.5. The second kappa shape index (κ2) is 14.0. The van der Waals surface area contributed by atoms with Crippen molar-refractivity contribution < 1.29 is 38.6 Å². The van der Waals surface area contributed by atoms with E-state index in [1.54, 1.807) is 27.7 Å². The van der Waals surface area contributed by atoms with E-state index in [2.05, 4.69) is 10.6 Å². The molecule has 0 saturated carbocycles. The Kier molecular flexibility index (Phi) is 10.9. The highest BCUT2D eigenvalue weighted by Gasteiger charge is 2.59. The van der Waals surface area contributed by atoms with Gasteiger partial charge in [-0.25, -0.2) is 14.4 Å². The zero-order valence-electron chi connectivity index (χ0n) is 25.3. The van der Waals surface area contributed by atoms with Crippen molar-refractivity contribution in [1.29, 1.82) is 0 Å². The fourth-order valence-corrected chi connectivity index (χ4v) is 5.23. The predicted molar refractivity (Wildman–Crippen MR) is 153 cm³/mol. The van der Waals surface area contributed by atoms with Crippen LogP contribution in [0.25, 0.3) is 0 Å². The monoisotopic (exact) mass is 588 g/mol. The van der Waals surface area contributed by atoms with Gasteiger partial charge in [0.25, 0.3) is 0 Å². The van der Waals surface area contributed by atoms with E-state index in [0.717, 1.165) is 5.56 Å². The molecule has 3 N–H and O–H groups in total. The largest absolute Gasteiger partial charge is 0.480 e. The molecule has 0 unspecified atom stereocenters. The summed E-state index contributed by atoms with van der Waals surface area (Å²) in [6, 6.07) is 5.28. The molecule has 42 heavy (non-hydrogen) atoms. The SMILES string of the molecule is CCOC(=O)[C@@H]1[C@@H](N[C@@H](CC(C)C)C(=O)N2CCC[C@H]2C(=O)O)N1C(=O)[C@H](Cc1ccccc1)NC(=O)OC(C)(C)C. The Morgan fingerprint density at radius 3 is 2.29 bits per heavy atom. The third-order valence-corrected chi connectivity index (χ3v) is 7.06. The summed E-state index contributed by atoms with van der Waals surface area (Å²) in [6.07, 6.45) is -0.216. The number of nitrogens with one attached hydrogen (secondary N) is 2. The topological polar surface area (TPSA) is 154 Å². The number of esters is 1. The van der Waals surface area contributed by atoms with E-state index < -0.39 is 59.9 Å². The molecule has 2 heterocycles. The molecular formula is C30H44N4O8. The van der Waals surface area contributed by atoms with Crippen LogP contribution >= 0.6 is 0 Å². The molecule has 1 aromatic rings. The number of ether oxygens (including phenoxy) is 2. The van der Waals surface area contributed by atoms with Crippen molar-refractivity contribution in [2.24, 2.45) is 5.92 Å². The summed E-state index contributed by atoms with van der Waals surface area (Å²) in [4.78, 5) is 67.6. The number of carboxylic acids is 1. The minimum absolute atomic E-state index is 0.0564. The number of rotatable bonds is 12. The second-order valence-corrected chi connectivity index (χ2v) is 12.2. The van der Waals surface area contributed by atoms with Crippen LogP contribution in [0.3, 0.4) is 0 Å². The van der Waals surface area contributed by atoms with Gasteiger partial charge in [-0.2, -0.15) is 0 Å². The number of amides is 3. The third-order valence-electron chi connectivity index (χ3n) is 7.06. The van der Waals surface area contributed by atoms with Gasteiger partial charge < -0.3 is 29.7 Å². The number of hydrogen-bond acceptors (Lipinski definition) is 8. The van der Waals surface area contributed by atoms with Crippen molar-refractivity contribution in [2.45, 2.75) is 103 Å². The van der Waals surface area contributed by atoms with E-state index >= 15 is 0 Å². The average Bonchev–Trinajstić information content (AvgIpc) is 3.37. The van der Waals surface area contributed by atoms with Crippen molar-refractivity contribution in [3.63, 3.8) is 0 Å². The fourth-order valence-electron chi connectivity index (χ4n) is 5.23. The summed E-state index contributed by atoms with van der Waals surface area (Å²) in [5.41, 5.74) is -0.0112. The first-order chi connectivity index (χ1) is 19.7. The summed E-state index contributed by atoms with van der Waals surface area (Å²) in [7, 11) is 0. The van der Waals surface area contributed by atoms with Crippen LogP contribution in [0.2, 0.25) is 0 Å². The van der Waals surface area contributed by atoms with Gasteiger partial charge in [-0.05, 0) is 58.4 Å². The quantitative estimate of drug-likeness (QED) is 0.246. The molecule has 12 heteroatoms. The lowest BCUT2D eigenvalue weighted by Crippen LogP contribution is -2.53. The molecule has 3 amide bonds. The summed E-state index contributed by atoms with van der Waals surface area (Å²) in [6.45, 7) is 11.1. The first kappa shape index (κ1) is 32.8. The van der Waals surface area contributed by atoms with E-state index in [0.29, 0.717) is 25.8 Å². The highest BCUT2D eigenvalue weighted by atomic mass is 16.6. The zero-order chi connectivity index (χ0) is 31.2. The molecule has 2 aliphatic heterocycles. The molecule has 3 rings (SSSR count). The molecule has 0 radical (unpaired) electrons. The Balaban J connectivity index is 1.88. The number of aliphatic carboxylic acids is 1. The van der Waals surface area contributed by atoms with Crippen LogP contribution in [0.5, 0.6) is 0 Å². The highest BCUT2D eigenvalue weighted by Crippen LogP contribution is 2.31. The molecule has 0 bridgehead atoms. The highest BCUT2D eigenvalue weighted by molar-refractivity contribution is 5.95. The number of alkyl carbamates (subject to hydrolysis) is 1.